The second-order valence-corrected chi connectivity index (χ2v) is 4.88. The zero-order valence-corrected chi connectivity index (χ0v) is 10.4. The molecule has 0 amide bonds. The highest BCUT2D eigenvalue weighted by Crippen LogP contribution is 2.12. The lowest BCUT2D eigenvalue weighted by Gasteiger charge is -2.26. The van der Waals surface area contributed by atoms with Crippen LogP contribution in [0.25, 0.3) is 0 Å². The average molecular weight is 205 g/mol. The van der Waals surface area contributed by atoms with E-state index in [1.807, 2.05) is 0 Å². The van der Waals surface area contributed by atoms with E-state index < -0.39 is 0 Å². The van der Waals surface area contributed by atoms with Crippen molar-refractivity contribution in [3.63, 3.8) is 0 Å². The van der Waals surface area contributed by atoms with Gasteiger partial charge >= 0.3 is 0 Å². The van der Waals surface area contributed by atoms with Gasteiger partial charge in [0.25, 0.3) is 0 Å². The zero-order valence-electron chi connectivity index (χ0n) is 10.4. The molecule has 0 aliphatic rings. The number of hydrogen-bond acceptors (Lipinski definition) is 1. The first-order valence-electron chi connectivity index (χ1n) is 5.83. The quantitative estimate of drug-likeness (QED) is 0.710. The summed E-state index contributed by atoms with van der Waals surface area (Å²) in [7, 11) is 2.21. The fraction of sp³-hybridized carbons (Fsp3) is 0.571. The van der Waals surface area contributed by atoms with Gasteiger partial charge in [-0.15, -0.1) is 0 Å². The third kappa shape index (κ3) is 4.48. The molecule has 1 heteroatoms. The highest BCUT2D eigenvalue weighted by Gasteiger charge is 2.10. The predicted molar refractivity (Wildman–Crippen MR) is 66.8 cm³/mol. The summed E-state index contributed by atoms with van der Waals surface area (Å²) in [4.78, 5) is 2.43. The van der Waals surface area contributed by atoms with Gasteiger partial charge in [-0.05, 0) is 31.9 Å². The monoisotopic (exact) mass is 205 g/mol. The van der Waals surface area contributed by atoms with Crippen LogP contribution in [0.15, 0.2) is 30.3 Å². The molecule has 1 nitrogen and oxygen atoms in total. The van der Waals surface area contributed by atoms with Crippen LogP contribution >= 0.6 is 0 Å². The number of rotatable bonds is 5. The number of benzene rings is 1. The van der Waals surface area contributed by atoms with Crippen molar-refractivity contribution in [3.05, 3.63) is 35.9 Å². The molecule has 15 heavy (non-hydrogen) atoms. The summed E-state index contributed by atoms with van der Waals surface area (Å²) < 4.78 is 0. The van der Waals surface area contributed by atoms with Gasteiger partial charge in [-0.1, -0.05) is 44.2 Å². The summed E-state index contributed by atoms with van der Waals surface area (Å²) in [5.41, 5.74) is 1.40. The van der Waals surface area contributed by atoms with E-state index in [0.717, 1.165) is 12.5 Å². The smallest absolute Gasteiger partial charge is 0.0233 e. The predicted octanol–water partition coefficient (Wildman–Crippen LogP) is 3.55. The largest absolute Gasteiger partial charge is 0.299 e. The molecule has 0 saturated heterocycles. The van der Waals surface area contributed by atoms with Crippen LogP contribution in [0.5, 0.6) is 0 Å². The van der Waals surface area contributed by atoms with Crippen LogP contribution in [0.2, 0.25) is 0 Å². The molecule has 1 rings (SSSR count). The highest BCUT2D eigenvalue weighted by molar-refractivity contribution is 5.14. The van der Waals surface area contributed by atoms with Gasteiger partial charge < -0.3 is 0 Å². The summed E-state index contributed by atoms with van der Waals surface area (Å²) in [6.07, 6.45) is 1.27. The van der Waals surface area contributed by atoms with E-state index in [1.165, 1.54) is 12.0 Å². The van der Waals surface area contributed by atoms with Crippen LogP contribution in [-0.2, 0) is 6.54 Å². The lowest BCUT2D eigenvalue weighted by Crippen LogP contribution is -2.29. The molecule has 1 unspecified atom stereocenters. The summed E-state index contributed by atoms with van der Waals surface area (Å²) in [5, 5.41) is 0. The normalized spacial score (nSPS) is 13.5. The van der Waals surface area contributed by atoms with E-state index in [4.69, 9.17) is 0 Å². The molecule has 0 saturated carbocycles. The van der Waals surface area contributed by atoms with E-state index in [9.17, 15) is 0 Å². The van der Waals surface area contributed by atoms with Crippen LogP contribution in [0, 0.1) is 5.92 Å². The maximum absolute atomic E-state index is 2.43. The van der Waals surface area contributed by atoms with Crippen LogP contribution in [-0.4, -0.2) is 18.0 Å². The van der Waals surface area contributed by atoms with Gasteiger partial charge in [0.2, 0.25) is 0 Å². The Hall–Kier alpha value is -0.820. The van der Waals surface area contributed by atoms with E-state index >= 15 is 0 Å². The standard InChI is InChI=1S/C14H23N/c1-12(2)10-13(3)15(4)11-14-8-6-5-7-9-14/h5-9,12-13H,10-11H2,1-4H3. The van der Waals surface area contributed by atoms with E-state index in [0.29, 0.717) is 6.04 Å². The molecule has 0 radical (unpaired) electrons. The molecule has 1 aromatic carbocycles. The Morgan fingerprint density at radius 1 is 1.07 bits per heavy atom. The van der Waals surface area contributed by atoms with Crippen molar-refractivity contribution in [1.29, 1.82) is 0 Å². The van der Waals surface area contributed by atoms with Crippen LogP contribution in [0.3, 0.4) is 0 Å². The molecule has 0 fully saturated rings. The number of nitrogens with zero attached hydrogens (tertiary/aromatic N) is 1. The lowest BCUT2D eigenvalue weighted by atomic mass is 10.0. The van der Waals surface area contributed by atoms with E-state index in [2.05, 4.69) is 63.1 Å². The Bertz CT molecular complexity index is 266. The van der Waals surface area contributed by atoms with Crippen molar-refractivity contribution in [2.75, 3.05) is 7.05 Å². The molecule has 0 aliphatic carbocycles. The van der Waals surface area contributed by atoms with Gasteiger partial charge in [0.15, 0.2) is 0 Å². The molecule has 0 spiro atoms. The van der Waals surface area contributed by atoms with E-state index in [-0.39, 0.29) is 0 Å². The Kier molecular flexibility index (Phi) is 4.83. The van der Waals surface area contributed by atoms with Gasteiger partial charge in [-0.2, -0.15) is 0 Å². The van der Waals surface area contributed by atoms with Gasteiger partial charge in [0.1, 0.15) is 0 Å². The molecule has 0 heterocycles. The SMILES string of the molecule is CC(C)CC(C)N(C)Cc1ccccc1. The summed E-state index contributed by atoms with van der Waals surface area (Å²) >= 11 is 0. The van der Waals surface area contributed by atoms with Crippen molar-refractivity contribution in [2.45, 2.75) is 39.8 Å². The Balaban J connectivity index is 2.45. The van der Waals surface area contributed by atoms with Gasteiger partial charge in [-0.25, -0.2) is 0 Å². The Morgan fingerprint density at radius 3 is 2.20 bits per heavy atom. The molecular weight excluding hydrogens is 182 g/mol. The van der Waals surface area contributed by atoms with Gasteiger partial charge in [0.05, 0.1) is 0 Å². The maximum atomic E-state index is 2.43. The molecule has 0 bridgehead atoms. The molecule has 0 aromatic heterocycles. The Morgan fingerprint density at radius 2 is 1.67 bits per heavy atom. The highest BCUT2D eigenvalue weighted by atomic mass is 15.1. The lowest BCUT2D eigenvalue weighted by molar-refractivity contribution is 0.220. The summed E-state index contributed by atoms with van der Waals surface area (Å²) in [6.45, 7) is 7.93. The van der Waals surface area contributed by atoms with Crippen molar-refractivity contribution in [2.24, 2.45) is 5.92 Å². The van der Waals surface area contributed by atoms with Crippen molar-refractivity contribution < 1.29 is 0 Å². The fourth-order valence-corrected chi connectivity index (χ4v) is 1.89. The molecule has 84 valence electrons. The first-order valence-corrected chi connectivity index (χ1v) is 5.83. The second kappa shape index (κ2) is 5.92. The van der Waals surface area contributed by atoms with Crippen LogP contribution in [0.4, 0.5) is 0 Å². The average Bonchev–Trinajstić information content (AvgIpc) is 2.18. The van der Waals surface area contributed by atoms with Crippen molar-refractivity contribution in [1.82, 2.24) is 4.90 Å². The second-order valence-electron chi connectivity index (χ2n) is 4.88. The zero-order chi connectivity index (χ0) is 11.3. The topological polar surface area (TPSA) is 3.24 Å². The summed E-state index contributed by atoms with van der Waals surface area (Å²) in [5.74, 6) is 0.776. The Labute approximate surface area is 94.1 Å². The van der Waals surface area contributed by atoms with Gasteiger partial charge in [-0.3, -0.25) is 4.90 Å². The number of hydrogen-bond donors (Lipinski definition) is 0. The summed E-state index contributed by atoms with van der Waals surface area (Å²) in [6, 6.07) is 11.3. The molecule has 0 aliphatic heterocycles. The molecule has 1 aromatic rings. The molecule has 1 atom stereocenters. The maximum Gasteiger partial charge on any atom is 0.0233 e. The molecular formula is C14H23N. The fourth-order valence-electron chi connectivity index (χ4n) is 1.89. The third-order valence-corrected chi connectivity index (χ3v) is 2.84. The minimum absolute atomic E-state index is 0.658. The first kappa shape index (κ1) is 12.3. The van der Waals surface area contributed by atoms with Crippen LogP contribution in [0.1, 0.15) is 32.8 Å². The molecule has 0 N–H and O–H groups in total. The minimum Gasteiger partial charge on any atom is -0.299 e. The van der Waals surface area contributed by atoms with Crippen molar-refractivity contribution in [3.8, 4) is 0 Å². The first-order chi connectivity index (χ1) is 7.09. The van der Waals surface area contributed by atoms with Crippen molar-refractivity contribution >= 4 is 0 Å². The van der Waals surface area contributed by atoms with E-state index in [1.54, 1.807) is 0 Å². The third-order valence-electron chi connectivity index (χ3n) is 2.84. The van der Waals surface area contributed by atoms with Gasteiger partial charge in [0, 0.05) is 12.6 Å². The van der Waals surface area contributed by atoms with Crippen LogP contribution < -0.4 is 0 Å². The minimum atomic E-state index is 0.658.